The molecule has 3 aliphatic rings. The van der Waals surface area contributed by atoms with Crippen molar-refractivity contribution in [3.05, 3.63) is 71.8 Å². The number of rotatable bonds is 15. The van der Waals surface area contributed by atoms with E-state index in [0.29, 0.717) is 11.1 Å². The topological polar surface area (TPSA) is 309 Å². The van der Waals surface area contributed by atoms with Gasteiger partial charge in [-0.25, -0.2) is 24.0 Å². The van der Waals surface area contributed by atoms with E-state index in [1.54, 1.807) is 123 Å². The molecule has 2 saturated heterocycles. The third-order valence-corrected chi connectivity index (χ3v) is 11.2. The molecule has 23 nitrogen and oxygen atoms in total. The molecule has 0 unspecified atom stereocenters. The van der Waals surface area contributed by atoms with Gasteiger partial charge in [-0.1, -0.05) is 60.7 Å². The van der Waals surface area contributed by atoms with E-state index in [1.165, 1.54) is 0 Å². The summed E-state index contributed by atoms with van der Waals surface area (Å²) in [7, 11) is 0. The lowest BCUT2D eigenvalue weighted by Gasteiger charge is -2.49. The van der Waals surface area contributed by atoms with Crippen molar-refractivity contribution >= 4 is 30.5 Å². The van der Waals surface area contributed by atoms with Crippen LogP contribution in [0.25, 0.3) is 0 Å². The molecule has 1 aliphatic carbocycles. The quantitative estimate of drug-likeness (QED) is 0.116. The van der Waals surface area contributed by atoms with Gasteiger partial charge in [0.15, 0.2) is 12.6 Å². The average molecular weight is 1020 g/mol. The van der Waals surface area contributed by atoms with E-state index in [0.717, 1.165) is 0 Å². The molecular formula is C49H73N5O18. The van der Waals surface area contributed by atoms with Crippen molar-refractivity contribution in [2.24, 2.45) is 0 Å². The number of nitrogens with one attached hydrogen (secondary N) is 5. The van der Waals surface area contributed by atoms with Crippen LogP contribution in [0.5, 0.6) is 0 Å². The molecule has 1 saturated carbocycles. The minimum atomic E-state index is -1.92. The predicted octanol–water partition coefficient (Wildman–Crippen LogP) is 3.37. The van der Waals surface area contributed by atoms with Gasteiger partial charge in [-0.15, -0.1) is 0 Å². The lowest BCUT2D eigenvalue weighted by molar-refractivity contribution is -0.316. The van der Waals surface area contributed by atoms with Crippen LogP contribution in [-0.2, 0) is 55.8 Å². The fourth-order valence-electron chi connectivity index (χ4n) is 8.04. The van der Waals surface area contributed by atoms with Crippen LogP contribution in [0.2, 0.25) is 0 Å². The van der Waals surface area contributed by atoms with E-state index in [4.69, 9.17) is 42.6 Å². The first-order valence-corrected chi connectivity index (χ1v) is 23.9. The maximum absolute atomic E-state index is 13.6. The predicted molar refractivity (Wildman–Crippen MR) is 254 cm³/mol. The summed E-state index contributed by atoms with van der Waals surface area (Å²) < 4.78 is 52.6. The molecule has 5 rings (SSSR count). The summed E-state index contributed by atoms with van der Waals surface area (Å²) in [5.41, 5.74) is -1.40. The van der Waals surface area contributed by atoms with Gasteiger partial charge in [0.1, 0.15) is 66.6 Å². The first-order valence-electron chi connectivity index (χ1n) is 23.9. The molecule has 2 heterocycles. The minimum absolute atomic E-state index is 0.0622. The van der Waals surface area contributed by atoms with E-state index in [1.807, 2.05) is 0 Å². The molecule has 23 heteroatoms. The fraction of sp³-hybridized carbons (Fsp3) is 0.653. The van der Waals surface area contributed by atoms with Crippen LogP contribution in [0.15, 0.2) is 60.7 Å². The van der Waals surface area contributed by atoms with Gasteiger partial charge in [0.25, 0.3) is 0 Å². The largest absolute Gasteiger partial charge is 0.445 e. The number of ether oxygens (including phenoxy) is 9. The zero-order valence-electron chi connectivity index (χ0n) is 42.2. The third-order valence-electron chi connectivity index (χ3n) is 11.2. The summed E-state index contributed by atoms with van der Waals surface area (Å²) in [5.74, 6) is 0. The highest BCUT2D eigenvalue weighted by molar-refractivity contribution is 5.70. The second kappa shape index (κ2) is 25.4. The molecule has 5 amide bonds. The van der Waals surface area contributed by atoms with Gasteiger partial charge in [-0.3, -0.25) is 0 Å². The van der Waals surface area contributed by atoms with Gasteiger partial charge in [0, 0.05) is 6.54 Å². The molecule has 0 bridgehead atoms. The van der Waals surface area contributed by atoms with Gasteiger partial charge in [0.2, 0.25) is 0 Å². The van der Waals surface area contributed by atoms with Gasteiger partial charge in [0.05, 0.1) is 36.9 Å². The minimum Gasteiger partial charge on any atom is -0.445 e. The molecule has 9 N–H and O–H groups in total. The van der Waals surface area contributed by atoms with Crippen molar-refractivity contribution in [1.82, 2.24) is 26.6 Å². The third kappa shape index (κ3) is 18.2. The van der Waals surface area contributed by atoms with Gasteiger partial charge in [-0.05, 0) is 92.7 Å². The number of amides is 5. The van der Waals surface area contributed by atoms with Crippen LogP contribution in [-0.4, -0.2) is 160 Å². The molecule has 402 valence electrons. The van der Waals surface area contributed by atoms with Crippen molar-refractivity contribution in [2.75, 3.05) is 13.2 Å². The number of carbonyl (C=O) groups is 5. The standard InChI is InChI=1S/C49H73N5O18/c1-47(2,3)70-42(59)50-23-29-20-21-30(51-45(62)71-48(4,5)6)40(66-29)68-38-32(53-46(63)72-49(7,8)9)22-31(52-43(60)64-25-27-16-12-10-13-17-27)39(37(38)58)69-41-36(57)34(35(56)33(24-55)67-41)54-44(61)65-26-28-18-14-11-15-19-28/h10-19,29-41,55-58H,20-26H2,1-9H3,(H,50,59)(H,51,62)(H,52,60)(H,53,63)(H,54,61)/t29-,30+,31+,32-,33+,34-,35+,36+,37-,38+,39-,40+,41+/m0/s1. The Morgan fingerprint density at radius 1 is 0.556 bits per heavy atom. The van der Waals surface area contributed by atoms with E-state index in [9.17, 15) is 44.4 Å². The normalized spacial score (nSPS) is 28.8. The molecule has 0 spiro atoms. The number of hydrogen-bond donors (Lipinski definition) is 9. The van der Waals surface area contributed by atoms with Crippen molar-refractivity contribution in [3.63, 3.8) is 0 Å². The van der Waals surface area contributed by atoms with E-state index in [2.05, 4.69) is 26.6 Å². The first kappa shape index (κ1) is 57.4. The second-order valence-electron chi connectivity index (χ2n) is 20.8. The molecule has 2 aliphatic heterocycles. The van der Waals surface area contributed by atoms with Crippen molar-refractivity contribution in [3.8, 4) is 0 Å². The molecule has 3 fully saturated rings. The Morgan fingerprint density at radius 2 is 1.01 bits per heavy atom. The fourth-order valence-corrected chi connectivity index (χ4v) is 8.04. The Labute approximate surface area is 419 Å². The number of carbonyl (C=O) groups excluding carboxylic acids is 5. The zero-order valence-corrected chi connectivity index (χ0v) is 42.2. The highest BCUT2D eigenvalue weighted by Crippen LogP contribution is 2.34. The Morgan fingerprint density at radius 3 is 1.51 bits per heavy atom. The monoisotopic (exact) mass is 1020 g/mol. The van der Waals surface area contributed by atoms with E-state index < -0.39 is 133 Å². The number of aliphatic hydroxyl groups excluding tert-OH is 4. The summed E-state index contributed by atoms with van der Waals surface area (Å²) in [4.78, 5) is 66.2. The zero-order chi connectivity index (χ0) is 53.0. The lowest BCUT2D eigenvalue weighted by atomic mass is 9.83. The van der Waals surface area contributed by atoms with E-state index >= 15 is 0 Å². The second-order valence-corrected chi connectivity index (χ2v) is 20.8. The molecule has 72 heavy (non-hydrogen) atoms. The number of benzene rings is 2. The van der Waals surface area contributed by atoms with Crippen LogP contribution in [0.3, 0.4) is 0 Å². The SMILES string of the molecule is CC(C)(C)OC(=O)NC[C@@H]1CC[C@@H](NC(=O)OC(C)(C)C)[C@@H](O[C@H]2[C@H](O)[C@@H](O[C@H]3O[C@H](CO)[C@@H](O)[C@H](NC(=O)OCc4ccccc4)[C@H]3O)[C@H](NC(=O)OCc3ccccc3)C[C@@H]2NC(=O)OC(C)(C)C)O1. The number of hydrogen-bond acceptors (Lipinski definition) is 18. The Kier molecular flexibility index (Phi) is 20.3. The maximum atomic E-state index is 13.6. The molecule has 0 radical (unpaired) electrons. The van der Waals surface area contributed by atoms with Crippen LogP contribution in [0, 0.1) is 0 Å². The molecular weight excluding hydrogens is 947 g/mol. The van der Waals surface area contributed by atoms with Crippen LogP contribution < -0.4 is 26.6 Å². The Bertz CT molecular complexity index is 2070. The molecule has 13 atom stereocenters. The Hall–Kier alpha value is -5.53. The van der Waals surface area contributed by atoms with Crippen molar-refractivity contribution < 1.29 is 87.0 Å². The van der Waals surface area contributed by atoms with Crippen LogP contribution in [0.4, 0.5) is 24.0 Å². The van der Waals surface area contributed by atoms with Gasteiger partial charge >= 0.3 is 30.5 Å². The van der Waals surface area contributed by atoms with Gasteiger partial charge < -0.3 is 89.6 Å². The van der Waals surface area contributed by atoms with Gasteiger partial charge in [-0.2, -0.15) is 0 Å². The van der Waals surface area contributed by atoms with Crippen LogP contribution in [0.1, 0.15) is 92.7 Å². The molecule has 0 aromatic heterocycles. The van der Waals surface area contributed by atoms with E-state index in [-0.39, 0.29) is 39.0 Å². The first-order chi connectivity index (χ1) is 33.8. The van der Waals surface area contributed by atoms with Crippen LogP contribution >= 0.6 is 0 Å². The average Bonchev–Trinajstić information content (AvgIpc) is 3.28. The summed E-state index contributed by atoms with van der Waals surface area (Å²) in [6.45, 7) is 13.8. The van der Waals surface area contributed by atoms with Crippen molar-refractivity contribution in [1.29, 1.82) is 0 Å². The molecule has 2 aromatic rings. The number of aliphatic hydroxyl groups is 4. The number of alkyl carbamates (subject to hydrolysis) is 5. The maximum Gasteiger partial charge on any atom is 0.408 e. The summed E-state index contributed by atoms with van der Waals surface area (Å²) >= 11 is 0. The highest BCUT2D eigenvalue weighted by Gasteiger charge is 2.53. The lowest BCUT2D eigenvalue weighted by Crippen LogP contribution is -2.70. The summed E-state index contributed by atoms with van der Waals surface area (Å²) in [5, 5.41) is 59.2. The molecule has 2 aromatic carbocycles. The summed E-state index contributed by atoms with van der Waals surface area (Å²) in [6, 6.07) is 12.4. The van der Waals surface area contributed by atoms with Crippen molar-refractivity contribution in [2.45, 2.75) is 191 Å². The smallest absolute Gasteiger partial charge is 0.408 e. The summed E-state index contributed by atoms with van der Waals surface area (Å²) in [6.07, 6.45) is -18.5. The Balaban J connectivity index is 1.49. The highest BCUT2D eigenvalue weighted by atomic mass is 16.7.